The van der Waals surface area contributed by atoms with Crippen molar-refractivity contribution in [2.45, 2.75) is 20.8 Å². The van der Waals surface area contributed by atoms with E-state index in [0.717, 1.165) is 16.8 Å². The van der Waals surface area contributed by atoms with Crippen LogP contribution in [0.3, 0.4) is 0 Å². The van der Waals surface area contributed by atoms with E-state index in [-0.39, 0.29) is 5.56 Å². The molecule has 0 aliphatic heterocycles. The first kappa shape index (κ1) is 22.2. The molecule has 0 aliphatic rings. The highest BCUT2D eigenvalue weighted by Crippen LogP contribution is 2.30. The molecule has 2 aromatic heterocycles. The van der Waals surface area contributed by atoms with E-state index in [4.69, 9.17) is 9.72 Å². The molecule has 162 valence electrons. The molecule has 0 atom stereocenters. The Morgan fingerprint density at radius 2 is 1.87 bits per heavy atom. The van der Waals surface area contributed by atoms with E-state index in [1.165, 1.54) is 6.20 Å². The molecule has 3 rings (SSSR count). The fourth-order valence-electron chi connectivity index (χ4n) is 3.26. The third-order valence-corrected chi connectivity index (χ3v) is 4.68. The standard InChI is InChI=1S/C23H27N5O3/c1-5-31-7-6-28(4)21-20(17-11-18(22(29)30)13-24-12-17)14-25-23(27-21)26-19-9-15(2)8-16(3)10-19/h8-14H,5-7H2,1-4H3,(H,29,30)(H,25,26,27). The topological polar surface area (TPSA) is 100 Å². The SMILES string of the molecule is CCOCCN(C)c1nc(Nc2cc(C)cc(C)c2)ncc1-c1cncc(C(=O)O)c1. The summed E-state index contributed by atoms with van der Waals surface area (Å²) in [5, 5.41) is 12.6. The first-order valence-corrected chi connectivity index (χ1v) is 10.1. The predicted molar refractivity (Wildman–Crippen MR) is 121 cm³/mol. The number of benzene rings is 1. The van der Waals surface area contributed by atoms with Crippen LogP contribution in [0.4, 0.5) is 17.5 Å². The maximum Gasteiger partial charge on any atom is 0.337 e. The number of carbonyl (C=O) groups is 1. The number of carboxylic acids is 1. The second-order valence-electron chi connectivity index (χ2n) is 7.32. The van der Waals surface area contributed by atoms with Crippen molar-refractivity contribution in [1.29, 1.82) is 0 Å². The fourth-order valence-corrected chi connectivity index (χ4v) is 3.26. The number of rotatable bonds is 9. The zero-order valence-corrected chi connectivity index (χ0v) is 18.2. The third kappa shape index (κ3) is 5.76. The van der Waals surface area contributed by atoms with Gasteiger partial charge in [-0.05, 0) is 50.1 Å². The molecule has 2 heterocycles. The molecule has 8 nitrogen and oxygen atoms in total. The van der Waals surface area contributed by atoms with Crippen molar-refractivity contribution < 1.29 is 14.6 Å². The van der Waals surface area contributed by atoms with Gasteiger partial charge in [0.25, 0.3) is 0 Å². The van der Waals surface area contributed by atoms with E-state index in [0.29, 0.717) is 42.7 Å². The molecule has 0 fully saturated rings. The number of pyridine rings is 1. The lowest BCUT2D eigenvalue weighted by Crippen LogP contribution is -2.24. The number of anilines is 3. The van der Waals surface area contributed by atoms with Gasteiger partial charge < -0.3 is 20.1 Å². The number of nitrogens with one attached hydrogen (secondary N) is 1. The molecule has 2 N–H and O–H groups in total. The van der Waals surface area contributed by atoms with Gasteiger partial charge in [0.05, 0.1) is 12.2 Å². The molecule has 1 aromatic carbocycles. The summed E-state index contributed by atoms with van der Waals surface area (Å²) in [6, 6.07) is 7.74. The fraction of sp³-hybridized carbons (Fsp3) is 0.304. The molecule has 8 heteroatoms. The van der Waals surface area contributed by atoms with E-state index < -0.39 is 5.97 Å². The zero-order chi connectivity index (χ0) is 22.4. The molecule has 0 unspecified atom stereocenters. The molecule has 0 saturated heterocycles. The highest BCUT2D eigenvalue weighted by atomic mass is 16.5. The number of carboxylic acid groups (broad SMARTS) is 1. The summed E-state index contributed by atoms with van der Waals surface area (Å²) in [5.74, 6) is 0.0786. The molecule has 0 spiro atoms. The highest BCUT2D eigenvalue weighted by Gasteiger charge is 2.16. The van der Waals surface area contributed by atoms with Crippen molar-refractivity contribution in [3.63, 3.8) is 0 Å². The minimum atomic E-state index is -1.03. The van der Waals surface area contributed by atoms with Crippen molar-refractivity contribution in [3.8, 4) is 11.1 Å². The lowest BCUT2D eigenvalue weighted by Gasteiger charge is -2.22. The van der Waals surface area contributed by atoms with E-state index in [2.05, 4.69) is 21.4 Å². The maximum absolute atomic E-state index is 11.4. The van der Waals surface area contributed by atoms with Crippen LogP contribution in [0.25, 0.3) is 11.1 Å². The number of aryl methyl sites for hydroxylation is 2. The number of likely N-dealkylation sites (N-methyl/N-ethyl adjacent to an activating group) is 1. The lowest BCUT2D eigenvalue weighted by atomic mass is 10.1. The smallest absolute Gasteiger partial charge is 0.337 e. The first-order chi connectivity index (χ1) is 14.9. The number of ether oxygens (including phenoxy) is 1. The summed E-state index contributed by atoms with van der Waals surface area (Å²) in [6.07, 6.45) is 4.62. The molecule has 3 aromatic rings. The number of hydrogen-bond acceptors (Lipinski definition) is 7. The van der Waals surface area contributed by atoms with Crippen molar-refractivity contribution in [2.75, 3.05) is 37.0 Å². The molecular formula is C23H27N5O3. The summed E-state index contributed by atoms with van der Waals surface area (Å²) < 4.78 is 5.48. The molecule has 0 bridgehead atoms. The first-order valence-electron chi connectivity index (χ1n) is 10.1. The maximum atomic E-state index is 11.4. The lowest BCUT2D eigenvalue weighted by molar-refractivity contribution is 0.0696. The minimum absolute atomic E-state index is 0.109. The van der Waals surface area contributed by atoms with Gasteiger partial charge in [0.2, 0.25) is 5.95 Å². The Labute approximate surface area is 182 Å². The van der Waals surface area contributed by atoms with Gasteiger partial charge in [-0.1, -0.05) is 6.07 Å². The van der Waals surface area contributed by atoms with Crippen molar-refractivity contribution in [3.05, 3.63) is 59.5 Å². The quantitative estimate of drug-likeness (QED) is 0.499. The second-order valence-corrected chi connectivity index (χ2v) is 7.32. The van der Waals surface area contributed by atoms with Crippen LogP contribution in [0.15, 0.2) is 42.9 Å². The van der Waals surface area contributed by atoms with Gasteiger partial charge in [0, 0.05) is 55.6 Å². The van der Waals surface area contributed by atoms with E-state index in [9.17, 15) is 9.90 Å². The number of aromatic nitrogens is 3. The Morgan fingerprint density at radius 3 is 2.55 bits per heavy atom. The van der Waals surface area contributed by atoms with E-state index in [1.807, 2.05) is 44.9 Å². The summed E-state index contributed by atoms with van der Waals surface area (Å²) in [4.78, 5) is 26.6. The van der Waals surface area contributed by atoms with Gasteiger partial charge in [-0.25, -0.2) is 9.78 Å². The van der Waals surface area contributed by atoms with Crippen molar-refractivity contribution in [2.24, 2.45) is 0 Å². The Bertz CT molecular complexity index is 1050. The Kier molecular flexibility index (Phi) is 7.15. The zero-order valence-electron chi connectivity index (χ0n) is 18.2. The van der Waals surface area contributed by atoms with Gasteiger partial charge in [0.1, 0.15) is 5.82 Å². The number of nitrogens with zero attached hydrogens (tertiary/aromatic N) is 4. The van der Waals surface area contributed by atoms with Crippen molar-refractivity contribution >= 4 is 23.4 Å². The van der Waals surface area contributed by atoms with E-state index >= 15 is 0 Å². The van der Waals surface area contributed by atoms with Crippen LogP contribution in [0.1, 0.15) is 28.4 Å². The van der Waals surface area contributed by atoms with Crippen LogP contribution in [-0.4, -0.2) is 52.8 Å². The van der Waals surface area contributed by atoms with E-state index in [1.54, 1.807) is 18.5 Å². The van der Waals surface area contributed by atoms with Gasteiger partial charge in [-0.2, -0.15) is 4.98 Å². The van der Waals surface area contributed by atoms with Crippen LogP contribution in [-0.2, 0) is 4.74 Å². The second kappa shape index (κ2) is 9.99. The molecule has 31 heavy (non-hydrogen) atoms. The molecule has 0 radical (unpaired) electrons. The van der Waals surface area contributed by atoms with Crippen molar-refractivity contribution in [1.82, 2.24) is 15.0 Å². The van der Waals surface area contributed by atoms with Crippen LogP contribution in [0.2, 0.25) is 0 Å². The normalized spacial score (nSPS) is 10.7. The van der Waals surface area contributed by atoms with Crippen LogP contribution < -0.4 is 10.2 Å². The summed E-state index contributed by atoms with van der Waals surface area (Å²) in [7, 11) is 1.92. The summed E-state index contributed by atoms with van der Waals surface area (Å²) >= 11 is 0. The van der Waals surface area contributed by atoms with Gasteiger partial charge in [-0.3, -0.25) is 4.98 Å². The van der Waals surface area contributed by atoms with Gasteiger partial charge in [0.15, 0.2) is 0 Å². The third-order valence-electron chi connectivity index (χ3n) is 4.68. The van der Waals surface area contributed by atoms with Crippen LogP contribution in [0.5, 0.6) is 0 Å². The summed E-state index contributed by atoms with van der Waals surface area (Å²) in [6.45, 7) is 7.82. The van der Waals surface area contributed by atoms with Gasteiger partial charge in [-0.15, -0.1) is 0 Å². The minimum Gasteiger partial charge on any atom is -0.478 e. The van der Waals surface area contributed by atoms with Gasteiger partial charge >= 0.3 is 5.97 Å². The molecular weight excluding hydrogens is 394 g/mol. The average molecular weight is 422 g/mol. The number of hydrogen-bond donors (Lipinski definition) is 2. The summed E-state index contributed by atoms with van der Waals surface area (Å²) in [5.41, 5.74) is 4.63. The van der Waals surface area contributed by atoms with Crippen LogP contribution >= 0.6 is 0 Å². The predicted octanol–water partition coefficient (Wildman–Crippen LogP) is 4.07. The Hall–Kier alpha value is -3.52. The largest absolute Gasteiger partial charge is 0.478 e. The van der Waals surface area contributed by atoms with Crippen LogP contribution in [0, 0.1) is 13.8 Å². The number of aromatic carboxylic acids is 1. The molecule has 0 amide bonds. The highest BCUT2D eigenvalue weighted by molar-refractivity contribution is 5.89. The molecule has 0 saturated carbocycles. The monoisotopic (exact) mass is 421 g/mol. The average Bonchev–Trinajstić information content (AvgIpc) is 2.73. The Morgan fingerprint density at radius 1 is 1.13 bits per heavy atom. The Balaban J connectivity index is 1.99. The molecule has 0 aliphatic carbocycles.